The number of likely N-dealkylation sites (tertiary alicyclic amines) is 1. The maximum absolute atomic E-state index is 12.6. The van der Waals surface area contributed by atoms with Gasteiger partial charge in [0.2, 0.25) is 0 Å². The lowest BCUT2D eigenvalue weighted by atomic mass is 10.1. The zero-order valence-electron chi connectivity index (χ0n) is 19.5. The summed E-state index contributed by atoms with van der Waals surface area (Å²) in [5.41, 5.74) is 11.9. The van der Waals surface area contributed by atoms with Crippen LogP contribution in [0.3, 0.4) is 0 Å². The van der Waals surface area contributed by atoms with Crippen LogP contribution < -0.4 is 11.5 Å². The molecule has 0 bridgehead atoms. The van der Waals surface area contributed by atoms with Crippen LogP contribution in [-0.2, 0) is 6.18 Å². The predicted octanol–water partition coefficient (Wildman–Crippen LogP) is 7.12. The number of aromatic nitrogens is 2. The third kappa shape index (κ3) is 8.04. The van der Waals surface area contributed by atoms with Gasteiger partial charge in [0, 0.05) is 27.0 Å². The fourth-order valence-corrected chi connectivity index (χ4v) is 4.21. The number of hydrogen-bond donors (Lipinski definition) is 2. The van der Waals surface area contributed by atoms with E-state index in [-0.39, 0.29) is 17.0 Å². The van der Waals surface area contributed by atoms with E-state index in [1.54, 1.807) is 12.1 Å². The van der Waals surface area contributed by atoms with Crippen molar-refractivity contribution in [3.8, 4) is 11.3 Å². The van der Waals surface area contributed by atoms with Gasteiger partial charge in [-0.25, -0.2) is 14.4 Å². The van der Waals surface area contributed by atoms with E-state index >= 15 is 0 Å². The van der Waals surface area contributed by atoms with Crippen LogP contribution in [0.5, 0.6) is 0 Å². The number of rotatable bonds is 1. The number of alkyl halides is 3. The standard InChI is InChI=1S/C10H6ClF3N2.C9H7FN2S.C6H13N/c11-5-1-2-8-6(3-5)7(15)4-9(16-8)10(12,13)14;10-7-3-1-6(2-4-7)8-5-13-9(11)12-8;1-7-5-3-2-4-6-7/h1-4H,(H2,15,16);1-5H,(H2,11,12);2-6H2,1H3. The van der Waals surface area contributed by atoms with Crippen molar-refractivity contribution in [1.82, 2.24) is 14.9 Å². The Labute approximate surface area is 215 Å². The number of anilines is 2. The van der Waals surface area contributed by atoms with Crippen LogP contribution in [0.2, 0.25) is 5.02 Å². The molecule has 2 aromatic carbocycles. The van der Waals surface area contributed by atoms with E-state index in [4.69, 9.17) is 23.1 Å². The van der Waals surface area contributed by atoms with Gasteiger partial charge in [-0.3, -0.25) is 0 Å². The molecule has 192 valence electrons. The molecule has 0 radical (unpaired) electrons. The normalized spacial score (nSPS) is 13.9. The van der Waals surface area contributed by atoms with Gasteiger partial charge in [-0.15, -0.1) is 11.3 Å². The quantitative estimate of drug-likeness (QED) is 0.252. The van der Waals surface area contributed by atoms with Gasteiger partial charge in [-0.2, -0.15) is 13.2 Å². The summed E-state index contributed by atoms with van der Waals surface area (Å²) in [5, 5.41) is 3.20. The van der Waals surface area contributed by atoms with E-state index < -0.39 is 11.9 Å². The summed E-state index contributed by atoms with van der Waals surface area (Å²) in [4.78, 5) is 9.96. The summed E-state index contributed by atoms with van der Waals surface area (Å²) in [6.45, 7) is 2.64. The van der Waals surface area contributed by atoms with E-state index in [1.165, 1.54) is 74.0 Å². The van der Waals surface area contributed by atoms with Gasteiger partial charge in [-0.1, -0.05) is 18.0 Å². The van der Waals surface area contributed by atoms with E-state index in [1.807, 2.05) is 5.38 Å². The molecular formula is C25H26ClF4N5S. The third-order valence-electron chi connectivity index (χ3n) is 5.33. The van der Waals surface area contributed by atoms with Crippen molar-refractivity contribution in [3.05, 3.63) is 70.4 Å². The lowest BCUT2D eigenvalue weighted by Crippen LogP contribution is -2.24. The molecule has 4 aromatic rings. The molecule has 5 rings (SSSR count). The van der Waals surface area contributed by atoms with Gasteiger partial charge >= 0.3 is 6.18 Å². The van der Waals surface area contributed by atoms with Gasteiger partial charge in [0.25, 0.3) is 0 Å². The number of fused-ring (bicyclic) bond motifs is 1. The van der Waals surface area contributed by atoms with Crippen molar-refractivity contribution in [2.24, 2.45) is 0 Å². The van der Waals surface area contributed by atoms with Crippen molar-refractivity contribution < 1.29 is 17.6 Å². The summed E-state index contributed by atoms with van der Waals surface area (Å²) in [5.74, 6) is -0.244. The first-order valence-corrected chi connectivity index (χ1v) is 12.4. The van der Waals surface area contributed by atoms with Crippen LogP contribution in [0, 0.1) is 5.82 Å². The molecule has 1 aliphatic heterocycles. The second-order valence-corrected chi connectivity index (χ2v) is 9.52. The second kappa shape index (κ2) is 12.3. The highest BCUT2D eigenvalue weighted by Crippen LogP contribution is 2.32. The monoisotopic (exact) mass is 539 g/mol. The highest BCUT2D eigenvalue weighted by Gasteiger charge is 2.33. The minimum Gasteiger partial charge on any atom is -0.398 e. The Hall–Kier alpha value is -2.95. The number of piperidine rings is 1. The zero-order valence-corrected chi connectivity index (χ0v) is 21.1. The molecule has 0 atom stereocenters. The lowest BCUT2D eigenvalue weighted by molar-refractivity contribution is -0.140. The summed E-state index contributed by atoms with van der Waals surface area (Å²) in [6.07, 6.45) is -0.223. The number of benzene rings is 2. The Morgan fingerprint density at radius 3 is 2.14 bits per heavy atom. The van der Waals surface area contributed by atoms with Crippen LogP contribution >= 0.6 is 22.9 Å². The Morgan fingerprint density at radius 1 is 0.944 bits per heavy atom. The molecule has 1 fully saturated rings. The van der Waals surface area contributed by atoms with Gasteiger partial charge in [0.15, 0.2) is 5.13 Å². The molecule has 11 heteroatoms. The summed E-state index contributed by atoms with van der Waals surface area (Å²) < 4.78 is 49.9. The summed E-state index contributed by atoms with van der Waals surface area (Å²) in [6, 6.07) is 11.3. The number of thiazole rings is 1. The average Bonchev–Trinajstić information content (AvgIpc) is 3.27. The smallest absolute Gasteiger partial charge is 0.398 e. The fraction of sp³-hybridized carbons (Fsp3) is 0.280. The minimum atomic E-state index is -4.50. The van der Waals surface area contributed by atoms with Gasteiger partial charge in [0.1, 0.15) is 11.5 Å². The van der Waals surface area contributed by atoms with Gasteiger partial charge in [-0.05, 0) is 81.5 Å². The predicted molar refractivity (Wildman–Crippen MR) is 139 cm³/mol. The average molecular weight is 540 g/mol. The Kier molecular flexibility index (Phi) is 9.47. The Bertz CT molecular complexity index is 1270. The van der Waals surface area contributed by atoms with E-state index in [9.17, 15) is 17.6 Å². The molecule has 36 heavy (non-hydrogen) atoms. The molecule has 0 saturated carbocycles. The number of hydrogen-bond acceptors (Lipinski definition) is 6. The van der Waals surface area contributed by atoms with Crippen LogP contribution in [0.1, 0.15) is 25.0 Å². The molecule has 4 N–H and O–H groups in total. The van der Waals surface area contributed by atoms with Crippen LogP contribution in [-0.4, -0.2) is 35.0 Å². The number of pyridine rings is 1. The molecule has 0 aliphatic carbocycles. The largest absolute Gasteiger partial charge is 0.433 e. The van der Waals surface area contributed by atoms with Gasteiger partial charge in [0.05, 0.1) is 11.2 Å². The molecule has 0 amide bonds. The highest BCUT2D eigenvalue weighted by molar-refractivity contribution is 7.13. The first-order valence-electron chi connectivity index (χ1n) is 11.1. The minimum absolute atomic E-state index is 0.0137. The first-order chi connectivity index (χ1) is 17.0. The first kappa shape index (κ1) is 27.6. The number of halogens is 5. The van der Waals surface area contributed by atoms with Crippen molar-refractivity contribution >= 4 is 44.7 Å². The number of nitrogen functional groups attached to an aromatic ring is 2. The number of nitrogens with zero attached hydrogens (tertiary/aromatic N) is 3. The molecule has 0 spiro atoms. The van der Waals surface area contributed by atoms with Gasteiger partial charge < -0.3 is 16.4 Å². The maximum Gasteiger partial charge on any atom is 0.433 e. The second-order valence-electron chi connectivity index (χ2n) is 8.20. The maximum atomic E-state index is 12.6. The SMILES string of the molecule is CN1CCCCC1.Nc1cc(C(F)(F)F)nc2ccc(Cl)cc12.Nc1nc(-c2ccc(F)cc2)cs1. The van der Waals surface area contributed by atoms with Crippen molar-refractivity contribution in [2.45, 2.75) is 25.4 Å². The zero-order chi connectivity index (χ0) is 26.3. The molecule has 5 nitrogen and oxygen atoms in total. The van der Waals surface area contributed by atoms with E-state index in [2.05, 4.69) is 21.9 Å². The van der Waals surface area contributed by atoms with Crippen LogP contribution in [0.4, 0.5) is 28.4 Å². The van der Waals surface area contributed by atoms with Crippen molar-refractivity contribution in [2.75, 3.05) is 31.6 Å². The van der Waals surface area contributed by atoms with Crippen molar-refractivity contribution in [3.63, 3.8) is 0 Å². The Morgan fingerprint density at radius 2 is 1.61 bits per heavy atom. The summed E-state index contributed by atoms with van der Waals surface area (Å²) >= 11 is 7.09. The van der Waals surface area contributed by atoms with E-state index in [0.717, 1.165) is 17.3 Å². The molecule has 2 aromatic heterocycles. The fourth-order valence-electron chi connectivity index (χ4n) is 3.46. The summed E-state index contributed by atoms with van der Waals surface area (Å²) in [7, 11) is 2.19. The topological polar surface area (TPSA) is 81.1 Å². The highest BCUT2D eigenvalue weighted by atomic mass is 35.5. The number of nitrogens with two attached hydrogens (primary N) is 2. The molecule has 1 saturated heterocycles. The molecule has 3 heterocycles. The van der Waals surface area contributed by atoms with Crippen LogP contribution in [0.15, 0.2) is 53.9 Å². The van der Waals surface area contributed by atoms with E-state index in [0.29, 0.717) is 15.5 Å². The Balaban J connectivity index is 0.000000162. The third-order valence-corrected chi connectivity index (χ3v) is 6.24. The molecular weight excluding hydrogens is 514 g/mol. The molecule has 1 aliphatic rings. The lowest BCUT2D eigenvalue weighted by Gasteiger charge is -2.20. The van der Waals surface area contributed by atoms with Crippen LogP contribution in [0.25, 0.3) is 22.2 Å². The molecule has 0 unspecified atom stereocenters. The van der Waals surface area contributed by atoms with Crippen molar-refractivity contribution in [1.29, 1.82) is 0 Å².